The molecular weight excluding hydrogens is 424 g/mol. The molecule has 0 saturated heterocycles. The lowest BCUT2D eigenvalue weighted by atomic mass is 10.2. The van der Waals surface area contributed by atoms with Crippen molar-refractivity contribution >= 4 is 38.6 Å². The molecule has 7 nitrogen and oxygen atoms in total. The van der Waals surface area contributed by atoms with Crippen molar-refractivity contribution < 1.29 is 13.2 Å². The van der Waals surface area contributed by atoms with Crippen LogP contribution in [0.25, 0.3) is 11.0 Å². The molecule has 0 fully saturated rings. The Kier molecular flexibility index (Phi) is 6.50. The van der Waals surface area contributed by atoms with Crippen molar-refractivity contribution in [2.75, 3.05) is 21.1 Å². The summed E-state index contributed by atoms with van der Waals surface area (Å²) in [6.45, 7) is 0.437. The van der Waals surface area contributed by atoms with Gasteiger partial charge in [0.25, 0.3) is 0 Å². The summed E-state index contributed by atoms with van der Waals surface area (Å²) in [5.74, 6) is 0.710. The fraction of sp³-hybridized carbons (Fsp3) is 0.333. The largest absolute Gasteiger partial charge is 0.341 e. The van der Waals surface area contributed by atoms with E-state index in [0.717, 1.165) is 16.9 Å². The highest BCUT2D eigenvalue weighted by atomic mass is 35.5. The molecule has 0 N–H and O–H groups in total. The first-order chi connectivity index (χ1) is 14.1. The molecule has 0 saturated carbocycles. The van der Waals surface area contributed by atoms with Crippen LogP contribution in [-0.4, -0.2) is 54.2 Å². The number of halogens is 1. The normalized spacial score (nSPS) is 11.9. The van der Waals surface area contributed by atoms with Crippen molar-refractivity contribution in [2.45, 2.75) is 24.3 Å². The second-order valence-corrected chi connectivity index (χ2v) is 9.93. The zero-order valence-corrected chi connectivity index (χ0v) is 19.0. The molecule has 0 aliphatic carbocycles. The number of hydrogen-bond donors (Lipinski definition) is 0. The van der Waals surface area contributed by atoms with E-state index in [0.29, 0.717) is 29.9 Å². The number of imidazole rings is 1. The van der Waals surface area contributed by atoms with Gasteiger partial charge in [0.2, 0.25) is 15.9 Å². The fourth-order valence-corrected chi connectivity index (χ4v) is 4.32. The molecule has 1 heterocycles. The Hall–Kier alpha value is -2.42. The van der Waals surface area contributed by atoms with Gasteiger partial charge < -0.3 is 9.47 Å². The van der Waals surface area contributed by atoms with E-state index < -0.39 is 10.0 Å². The topological polar surface area (TPSA) is 75.5 Å². The first-order valence-electron chi connectivity index (χ1n) is 9.46. The average Bonchev–Trinajstić information content (AvgIpc) is 3.02. The molecule has 160 valence electrons. The first kappa shape index (κ1) is 22.3. The van der Waals surface area contributed by atoms with Gasteiger partial charge in [-0.05, 0) is 29.8 Å². The van der Waals surface area contributed by atoms with E-state index in [2.05, 4.69) is 4.98 Å². The van der Waals surface area contributed by atoms with Gasteiger partial charge in [-0.3, -0.25) is 4.79 Å². The van der Waals surface area contributed by atoms with Gasteiger partial charge in [0, 0.05) is 52.6 Å². The Balaban J connectivity index is 1.73. The molecule has 0 atom stereocenters. The summed E-state index contributed by atoms with van der Waals surface area (Å²) in [5, 5.41) is 0.635. The SMILES string of the molecule is CN(Cc1ccccc1Cl)C(=O)CCc1nc2cc(S(=O)(=O)N(C)C)ccc2n1C. The average molecular weight is 449 g/mol. The van der Waals surface area contributed by atoms with Gasteiger partial charge in [-0.2, -0.15) is 0 Å². The van der Waals surface area contributed by atoms with Crippen molar-refractivity contribution in [3.8, 4) is 0 Å². The van der Waals surface area contributed by atoms with E-state index >= 15 is 0 Å². The number of aryl methyl sites for hydroxylation is 2. The molecule has 0 aliphatic rings. The number of carbonyl (C=O) groups is 1. The fourth-order valence-electron chi connectivity index (χ4n) is 3.20. The van der Waals surface area contributed by atoms with E-state index in [1.54, 1.807) is 36.2 Å². The van der Waals surface area contributed by atoms with Crippen LogP contribution < -0.4 is 0 Å². The smallest absolute Gasteiger partial charge is 0.242 e. The third kappa shape index (κ3) is 4.50. The van der Waals surface area contributed by atoms with Crippen LogP contribution in [0.1, 0.15) is 17.8 Å². The Morgan fingerprint density at radius 1 is 1.13 bits per heavy atom. The summed E-state index contributed by atoms with van der Waals surface area (Å²) in [6.07, 6.45) is 0.744. The van der Waals surface area contributed by atoms with Gasteiger partial charge in [-0.25, -0.2) is 17.7 Å². The highest BCUT2D eigenvalue weighted by molar-refractivity contribution is 7.89. The Morgan fingerprint density at radius 3 is 2.50 bits per heavy atom. The summed E-state index contributed by atoms with van der Waals surface area (Å²) < 4.78 is 27.8. The molecule has 1 aromatic heterocycles. The molecule has 0 bridgehead atoms. The van der Waals surface area contributed by atoms with Crippen LogP contribution in [0.15, 0.2) is 47.4 Å². The minimum Gasteiger partial charge on any atom is -0.341 e. The van der Waals surface area contributed by atoms with Crippen LogP contribution in [0.5, 0.6) is 0 Å². The lowest BCUT2D eigenvalue weighted by Crippen LogP contribution is -2.26. The Labute approximate surface area is 181 Å². The maximum absolute atomic E-state index is 12.6. The van der Waals surface area contributed by atoms with Gasteiger partial charge in [-0.1, -0.05) is 29.8 Å². The number of fused-ring (bicyclic) bond motifs is 1. The van der Waals surface area contributed by atoms with Gasteiger partial charge in [0.05, 0.1) is 15.9 Å². The zero-order valence-electron chi connectivity index (χ0n) is 17.5. The third-order valence-corrected chi connectivity index (χ3v) is 7.26. The third-order valence-electron chi connectivity index (χ3n) is 5.08. The van der Waals surface area contributed by atoms with E-state index in [1.807, 2.05) is 29.8 Å². The quantitative estimate of drug-likeness (QED) is 0.556. The molecule has 2 aromatic carbocycles. The lowest BCUT2D eigenvalue weighted by molar-refractivity contribution is -0.130. The molecule has 3 aromatic rings. The highest BCUT2D eigenvalue weighted by Crippen LogP contribution is 2.22. The predicted octanol–water partition coefficient (Wildman–Crippen LogP) is 3.07. The minimum absolute atomic E-state index is 0.0159. The zero-order chi connectivity index (χ0) is 22.1. The number of amides is 1. The van der Waals surface area contributed by atoms with Gasteiger partial charge in [0.15, 0.2) is 0 Å². The number of nitrogens with zero attached hydrogens (tertiary/aromatic N) is 4. The van der Waals surface area contributed by atoms with Crippen molar-refractivity contribution in [1.82, 2.24) is 18.8 Å². The lowest BCUT2D eigenvalue weighted by Gasteiger charge is -2.18. The summed E-state index contributed by atoms with van der Waals surface area (Å²) in [6, 6.07) is 12.3. The molecule has 0 radical (unpaired) electrons. The number of rotatable bonds is 7. The summed E-state index contributed by atoms with van der Waals surface area (Å²) >= 11 is 6.18. The Bertz CT molecular complexity index is 1190. The van der Waals surface area contributed by atoms with Crippen molar-refractivity contribution in [2.24, 2.45) is 7.05 Å². The maximum Gasteiger partial charge on any atom is 0.242 e. The second-order valence-electron chi connectivity index (χ2n) is 7.37. The van der Waals surface area contributed by atoms with Crippen LogP contribution in [-0.2, 0) is 34.8 Å². The van der Waals surface area contributed by atoms with Crippen molar-refractivity contribution in [3.63, 3.8) is 0 Å². The van der Waals surface area contributed by atoms with Crippen molar-refractivity contribution in [3.05, 3.63) is 58.9 Å². The Morgan fingerprint density at radius 2 is 1.83 bits per heavy atom. The minimum atomic E-state index is -3.53. The van der Waals surface area contributed by atoms with E-state index in [4.69, 9.17) is 11.6 Å². The number of carbonyl (C=O) groups excluding carboxylic acids is 1. The molecular formula is C21H25ClN4O3S. The number of sulfonamides is 1. The van der Waals surface area contributed by atoms with E-state index in [9.17, 15) is 13.2 Å². The number of aromatic nitrogens is 2. The van der Waals surface area contributed by atoms with Crippen LogP contribution in [0, 0.1) is 0 Å². The summed E-state index contributed by atoms with van der Waals surface area (Å²) in [4.78, 5) is 19.0. The van der Waals surface area contributed by atoms with Gasteiger partial charge in [0.1, 0.15) is 5.82 Å². The standard InChI is InChI=1S/C21H25ClN4O3S/c1-24(2)30(28,29)16-9-10-19-18(13-16)23-20(26(19)4)11-12-21(27)25(3)14-15-7-5-6-8-17(15)22/h5-10,13H,11-12,14H2,1-4H3. The molecule has 1 amide bonds. The predicted molar refractivity (Wildman–Crippen MR) is 118 cm³/mol. The van der Waals surface area contributed by atoms with E-state index in [1.165, 1.54) is 18.4 Å². The molecule has 30 heavy (non-hydrogen) atoms. The molecule has 3 rings (SSSR count). The summed E-state index contributed by atoms with van der Waals surface area (Å²) in [7, 11) is 3.07. The highest BCUT2D eigenvalue weighted by Gasteiger charge is 2.19. The van der Waals surface area contributed by atoms with Crippen LogP contribution >= 0.6 is 11.6 Å². The van der Waals surface area contributed by atoms with Crippen molar-refractivity contribution in [1.29, 1.82) is 0 Å². The maximum atomic E-state index is 12.6. The monoisotopic (exact) mass is 448 g/mol. The number of hydrogen-bond acceptors (Lipinski definition) is 4. The summed E-state index contributed by atoms with van der Waals surface area (Å²) in [5.41, 5.74) is 2.30. The number of benzene rings is 2. The van der Waals surface area contributed by atoms with Crippen LogP contribution in [0.2, 0.25) is 5.02 Å². The first-order valence-corrected chi connectivity index (χ1v) is 11.3. The van der Waals surface area contributed by atoms with Crippen LogP contribution in [0.3, 0.4) is 0 Å². The van der Waals surface area contributed by atoms with Crippen LogP contribution in [0.4, 0.5) is 0 Å². The van der Waals surface area contributed by atoms with E-state index in [-0.39, 0.29) is 10.8 Å². The van der Waals surface area contributed by atoms with Gasteiger partial charge in [-0.15, -0.1) is 0 Å². The molecule has 0 unspecified atom stereocenters. The molecule has 0 spiro atoms. The molecule has 9 heteroatoms. The second kappa shape index (κ2) is 8.75. The van der Waals surface area contributed by atoms with Gasteiger partial charge >= 0.3 is 0 Å². The molecule has 0 aliphatic heterocycles.